The molecule has 0 saturated heterocycles. The second-order valence-electron chi connectivity index (χ2n) is 13.7. The number of aryl methyl sites for hydroxylation is 5. The first kappa shape index (κ1) is 35.9. The highest BCUT2D eigenvalue weighted by atomic mass is 19.1. The number of nitrogens with one attached hydrogen (secondary N) is 2. The van der Waals surface area contributed by atoms with Crippen molar-refractivity contribution in [3.8, 4) is 0 Å². The molecule has 8 nitrogen and oxygen atoms in total. The third kappa shape index (κ3) is 9.70. The van der Waals surface area contributed by atoms with Gasteiger partial charge in [0.25, 0.3) is 11.8 Å². The van der Waals surface area contributed by atoms with Crippen LogP contribution in [0.4, 0.5) is 20.2 Å². The molecule has 248 valence electrons. The van der Waals surface area contributed by atoms with Crippen molar-refractivity contribution >= 4 is 29.3 Å². The van der Waals surface area contributed by atoms with E-state index in [1.165, 1.54) is 14.1 Å². The van der Waals surface area contributed by atoms with E-state index in [9.17, 15) is 18.4 Å². The Labute approximate surface area is 272 Å². The number of allylic oxidation sites excluding steroid dienone is 1. The van der Waals surface area contributed by atoms with Gasteiger partial charge in [-0.15, -0.1) is 0 Å². The molecule has 0 saturated carbocycles. The summed E-state index contributed by atoms with van der Waals surface area (Å²) in [5, 5.41) is 13.5. The Bertz CT molecular complexity index is 1730. The van der Waals surface area contributed by atoms with Crippen LogP contribution >= 0.6 is 0 Å². The number of halogens is 2. The van der Waals surface area contributed by atoms with Crippen LogP contribution in [0.3, 0.4) is 0 Å². The lowest BCUT2D eigenvalue weighted by Gasteiger charge is -2.19. The second kappa shape index (κ2) is 14.7. The molecule has 2 aromatic carbocycles. The highest BCUT2D eigenvalue weighted by molar-refractivity contribution is 6.06. The zero-order valence-electron chi connectivity index (χ0n) is 28.5. The van der Waals surface area contributed by atoms with E-state index in [-0.39, 0.29) is 23.4 Å². The molecule has 0 aliphatic carbocycles. The minimum absolute atomic E-state index is 0. The standard InChI is InChI=1S/C18H24FN3O.C18H22FN3O.H2/c2*1-12-15(16(19)22(5)21-12)17(23)20-14-9-7-6-8-13(14)10-11-18(2,3)4;/h6-9H,10-11H2,1-5H3,(H,20,23);6-11H,1-5H3,(H,20,23);1H. The van der Waals surface area contributed by atoms with Crippen molar-refractivity contribution < 1.29 is 19.8 Å². The smallest absolute Gasteiger partial charge is 0.262 e. The number of rotatable bonds is 7. The summed E-state index contributed by atoms with van der Waals surface area (Å²) in [4.78, 5) is 24.8. The number of benzene rings is 2. The van der Waals surface area contributed by atoms with Crippen molar-refractivity contribution in [2.45, 2.75) is 68.2 Å². The van der Waals surface area contributed by atoms with Gasteiger partial charge in [0, 0.05) is 26.9 Å². The number of para-hydroxylation sites is 2. The summed E-state index contributed by atoms with van der Waals surface area (Å²) in [6.45, 7) is 16.1. The van der Waals surface area contributed by atoms with Gasteiger partial charge in [0.15, 0.2) is 0 Å². The van der Waals surface area contributed by atoms with Gasteiger partial charge in [-0.25, -0.2) is 9.36 Å². The first-order chi connectivity index (χ1) is 21.4. The van der Waals surface area contributed by atoms with Crippen LogP contribution in [0.1, 0.15) is 92.6 Å². The fourth-order valence-electron chi connectivity index (χ4n) is 4.61. The van der Waals surface area contributed by atoms with Crippen LogP contribution in [0.2, 0.25) is 0 Å². The quantitative estimate of drug-likeness (QED) is 0.213. The monoisotopic (exact) mass is 634 g/mol. The van der Waals surface area contributed by atoms with Gasteiger partial charge in [-0.05, 0) is 60.8 Å². The topological polar surface area (TPSA) is 93.8 Å². The van der Waals surface area contributed by atoms with Crippen LogP contribution in [-0.2, 0) is 20.5 Å². The van der Waals surface area contributed by atoms with E-state index >= 15 is 0 Å². The number of carbonyl (C=O) groups excluding carboxylic acids is 2. The molecular formula is C36H48F2N6O2. The molecule has 10 heteroatoms. The molecule has 0 bridgehead atoms. The highest BCUT2D eigenvalue weighted by Crippen LogP contribution is 2.26. The minimum Gasteiger partial charge on any atom is -0.322 e. The molecule has 4 rings (SSSR count). The average molecular weight is 635 g/mol. The lowest BCUT2D eigenvalue weighted by molar-refractivity contribution is 0.101. The molecule has 2 heterocycles. The maximum Gasteiger partial charge on any atom is 0.262 e. The molecule has 0 aliphatic rings. The van der Waals surface area contributed by atoms with E-state index in [0.717, 1.165) is 39.0 Å². The molecule has 2 N–H and O–H groups in total. The lowest BCUT2D eigenvalue weighted by Crippen LogP contribution is -2.16. The number of hydrogen-bond acceptors (Lipinski definition) is 4. The molecule has 0 aliphatic heterocycles. The van der Waals surface area contributed by atoms with Crippen LogP contribution in [0, 0.1) is 36.6 Å². The van der Waals surface area contributed by atoms with Crippen molar-refractivity contribution in [2.75, 3.05) is 10.6 Å². The van der Waals surface area contributed by atoms with Crippen LogP contribution in [0.5, 0.6) is 0 Å². The van der Waals surface area contributed by atoms with Crippen molar-refractivity contribution in [3.05, 3.63) is 100 Å². The number of carbonyl (C=O) groups is 2. The molecular weight excluding hydrogens is 586 g/mol. The van der Waals surface area contributed by atoms with Gasteiger partial charge < -0.3 is 10.6 Å². The van der Waals surface area contributed by atoms with Crippen LogP contribution < -0.4 is 10.6 Å². The molecule has 0 fully saturated rings. The highest BCUT2D eigenvalue weighted by Gasteiger charge is 2.22. The average Bonchev–Trinajstić information content (AvgIpc) is 3.37. The second-order valence-corrected chi connectivity index (χ2v) is 13.7. The summed E-state index contributed by atoms with van der Waals surface area (Å²) in [5.74, 6) is -2.21. The van der Waals surface area contributed by atoms with Crippen molar-refractivity contribution in [1.29, 1.82) is 0 Å². The summed E-state index contributed by atoms with van der Waals surface area (Å²) in [7, 11) is 2.95. The Morgan fingerprint density at radius 1 is 0.783 bits per heavy atom. The third-order valence-electron chi connectivity index (χ3n) is 7.14. The summed E-state index contributed by atoms with van der Waals surface area (Å²) < 4.78 is 30.2. The van der Waals surface area contributed by atoms with Crippen molar-refractivity contribution in [3.63, 3.8) is 0 Å². The molecule has 4 aromatic rings. The summed E-state index contributed by atoms with van der Waals surface area (Å²) in [5.41, 5.74) is 4.26. The predicted octanol–water partition coefficient (Wildman–Crippen LogP) is 8.52. The van der Waals surface area contributed by atoms with Gasteiger partial charge in [0.05, 0.1) is 11.4 Å². The number of hydrogen-bond donors (Lipinski definition) is 2. The zero-order chi connectivity index (χ0) is 34.4. The van der Waals surface area contributed by atoms with Crippen molar-refractivity contribution in [2.24, 2.45) is 24.9 Å². The minimum atomic E-state index is -0.636. The number of amides is 2. The van der Waals surface area contributed by atoms with Crippen molar-refractivity contribution in [1.82, 2.24) is 19.6 Å². The normalized spacial score (nSPS) is 11.7. The molecule has 0 atom stereocenters. The molecule has 46 heavy (non-hydrogen) atoms. The van der Waals surface area contributed by atoms with Crippen LogP contribution in [-0.4, -0.2) is 31.4 Å². The number of nitrogens with zero attached hydrogens (tertiary/aromatic N) is 4. The van der Waals surface area contributed by atoms with E-state index in [2.05, 4.69) is 68.4 Å². The van der Waals surface area contributed by atoms with Crippen LogP contribution in [0.15, 0.2) is 54.6 Å². The Kier molecular flexibility index (Phi) is 11.4. The van der Waals surface area contributed by atoms with Gasteiger partial charge in [0.1, 0.15) is 11.1 Å². The Morgan fingerprint density at radius 3 is 1.70 bits per heavy atom. The fraction of sp³-hybridized carbons (Fsp3) is 0.389. The Hall–Kier alpha value is -4.60. The zero-order valence-corrected chi connectivity index (χ0v) is 28.5. The molecule has 2 amide bonds. The maximum atomic E-state index is 14.0. The maximum absolute atomic E-state index is 14.0. The third-order valence-corrected chi connectivity index (χ3v) is 7.14. The van der Waals surface area contributed by atoms with Gasteiger partial charge in [-0.1, -0.05) is 90.1 Å². The SMILES string of the molecule is Cc1nn(C)c(F)c1C(=O)Nc1ccccc1C=CC(C)(C)C.Cc1nn(C)c(F)c1C(=O)Nc1ccccc1CCC(C)(C)C.[HH]. The molecule has 0 unspecified atom stereocenters. The molecule has 2 aromatic heterocycles. The molecule has 0 spiro atoms. The van der Waals surface area contributed by atoms with E-state index in [1.807, 2.05) is 48.5 Å². The predicted molar refractivity (Wildman–Crippen MR) is 183 cm³/mol. The van der Waals surface area contributed by atoms with Gasteiger partial charge in [0.2, 0.25) is 11.9 Å². The number of anilines is 2. The first-order valence-corrected chi connectivity index (χ1v) is 15.2. The summed E-state index contributed by atoms with van der Waals surface area (Å²) >= 11 is 0. The van der Waals surface area contributed by atoms with E-state index in [0.29, 0.717) is 17.1 Å². The fourth-order valence-corrected chi connectivity index (χ4v) is 4.61. The van der Waals surface area contributed by atoms with E-state index in [1.54, 1.807) is 19.9 Å². The summed E-state index contributed by atoms with van der Waals surface area (Å²) in [6, 6.07) is 15.1. The van der Waals surface area contributed by atoms with E-state index < -0.39 is 23.7 Å². The van der Waals surface area contributed by atoms with E-state index in [4.69, 9.17) is 0 Å². The summed E-state index contributed by atoms with van der Waals surface area (Å²) in [6.07, 6.45) is 5.88. The van der Waals surface area contributed by atoms with Gasteiger partial charge in [-0.3, -0.25) is 9.59 Å². The molecule has 0 radical (unpaired) electrons. The first-order valence-electron chi connectivity index (χ1n) is 15.2. The number of aromatic nitrogens is 4. The largest absolute Gasteiger partial charge is 0.322 e. The Morgan fingerprint density at radius 2 is 1.24 bits per heavy atom. The lowest BCUT2D eigenvalue weighted by atomic mass is 9.88. The Balaban J connectivity index is 0.000000320. The van der Waals surface area contributed by atoms with Gasteiger partial charge in [-0.2, -0.15) is 19.0 Å². The van der Waals surface area contributed by atoms with Crippen LogP contribution in [0.25, 0.3) is 6.08 Å². The van der Waals surface area contributed by atoms with Gasteiger partial charge >= 0.3 is 0 Å².